The van der Waals surface area contributed by atoms with Gasteiger partial charge in [0.25, 0.3) is 0 Å². The van der Waals surface area contributed by atoms with Gasteiger partial charge in [0.05, 0.1) is 11.1 Å². The first-order valence-electron chi connectivity index (χ1n) is 6.73. The number of carbonyl (C=O) groups is 1. The first-order valence-corrected chi connectivity index (χ1v) is 7.55. The van der Waals surface area contributed by atoms with Gasteiger partial charge in [0.15, 0.2) is 0 Å². The van der Waals surface area contributed by atoms with E-state index < -0.39 is 0 Å². The van der Waals surface area contributed by atoms with Crippen LogP contribution in [0.3, 0.4) is 0 Å². The molecule has 0 aliphatic rings. The number of carbonyl (C=O) groups excluding carboxylic acids is 1. The molecule has 1 atom stereocenters. The molecular formula is C14H24N2O2S. The number of aromatic nitrogens is 1. The van der Waals surface area contributed by atoms with Gasteiger partial charge in [-0.05, 0) is 33.1 Å². The number of hydrogen-bond donors (Lipinski definition) is 1. The van der Waals surface area contributed by atoms with E-state index in [0.29, 0.717) is 12.5 Å². The highest BCUT2D eigenvalue weighted by atomic mass is 32.1. The Morgan fingerprint density at radius 1 is 1.42 bits per heavy atom. The highest BCUT2D eigenvalue weighted by Crippen LogP contribution is 2.13. The van der Waals surface area contributed by atoms with Gasteiger partial charge >= 0.3 is 5.97 Å². The zero-order valence-corrected chi connectivity index (χ0v) is 13.2. The van der Waals surface area contributed by atoms with Crippen molar-refractivity contribution in [2.45, 2.75) is 59.7 Å². The topological polar surface area (TPSA) is 51.2 Å². The van der Waals surface area contributed by atoms with Gasteiger partial charge in [0.2, 0.25) is 0 Å². The summed E-state index contributed by atoms with van der Waals surface area (Å²) < 4.78 is 5.29. The number of rotatable bonds is 7. The number of ether oxygens (including phenoxy) is 1. The molecule has 1 aromatic heterocycles. The Morgan fingerprint density at radius 3 is 2.58 bits per heavy atom. The lowest BCUT2D eigenvalue weighted by molar-refractivity contribution is -0.150. The van der Waals surface area contributed by atoms with Crippen LogP contribution in [-0.4, -0.2) is 23.1 Å². The molecule has 0 bridgehead atoms. The van der Waals surface area contributed by atoms with E-state index >= 15 is 0 Å². The van der Waals surface area contributed by atoms with Gasteiger partial charge in [-0.25, -0.2) is 4.98 Å². The quantitative estimate of drug-likeness (QED) is 0.782. The highest BCUT2D eigenvalue weighted by molar-refractivity contribution is 7.11. The molecule has 0 saturated carbocycles. The fourth-order valence-electron chi connectivity index (χ4n) is 1.76. The predicted octanol–water partition coefficient (Wildman–Crippen LogP) is 2.91. The van der Waals surface area contributed by atoms with Crippen molar-refractivity contribution in [1.29, 1.82) is 0 Å². The van der Waals surface area contributed by atoms with E-state index in [4.69, 9.17) is 4.74 Å². The Hall–Kier alpha value is -0.940. The van der Waals surface area contributed by atoms with Crippen LogP contribution in [0.4, 0.5) is 0 Å². The summed E-state index contributed by atoms with van der Waals surface area (Å²) in [7, 11) is 0. The second-order valence-corrected chi connectivity index (χ2v) is 6.71. The lowest BCUT2D eigenvalue weighted by Crippen LogP contribution is -2.39. The Kier molecular flexibility index (Phi) is 6.45. The van der Waals surface area contributed by atoms with Gasteiger partial charge in [-0.2, -0.15) is 0 Å². The molecule has 1 aromatic rings. The first-order chi connectivity index (χ1) is 8.88. The Balaban J connectivity index is 2.56. The van der Waals surface area contributed by atoms with Crippen molar-refractivity contribution in [3.63, 3.8) is 0 Å². The van der Waals surface area contributed by atoms with Crippen molar-refractivity contribution in [3.8, 4) is 0 Å². The number of hydrogen-bond acceptors (Lipinski definition) is 5. The number of nitrogens with one attached hydrogen (secondary N) is 1. The minimum atomic E-state index is -0.246. The third-order valence-electron chi connectivity index (χ3n) is 2.54. The molecule has 0 radical (unpaired) electrons. The Morgan fingerprint density at radius 2 is 2.11 bits per heavy atom. The largest absolute Gasteiger partial charge is 0.462 e. The monoisotopic (exact) mass is 284 g/mol. The van der Waals surface area contributed by atoms with Crippen LogP contribution in [0.5, 0.6) is 0 Å². The molecule has 0 aromatic carbocycles. The van der Waals surface area contributed by atoms with E-state index in [9.17, 15) is 4.79 Å². The summed E-state index contributed by atoms with van der Waals surface area (Å²) in [6.07, 6.45) is 2.56. The highest BCUT2D eigenvalue weighted by Gasteiger charge is 2.21. The maximum absolute atomic E-state index is 12.0. The van der Waals surface area contributed by atoms with E-state index in [1.54, 1.807) is 11.3 Å². The van der Waals surface area contributed by atoms with E-state index in [-0.39, 0.29) is 18.1 Å². The smallest absolute Gasteiger partial charge is 0.323 e. The molecule has 5 heteroatoms. The molecule has 0 fully saturated rings. The third kappa shape index (κ3) is 6.16. The van der Waals surface area contributed by atoms with Gasteiger partial charge in [-0.1, -0.05) is 13.8 Å². The number of nitrogens with zero attached hydrogens (tertiary/aromatic N) is 1. The molecular weight excluding hydrogens is 260 g/mol. The molecule has 0 amide bonds. The summed E-state index contributed by atoms with van der Waals surface area (Å²) in [5, 5.41) is 4.33. The third-order valence-corrected chi connectivity index (χ3v) is 3.45. The fourth-order valence-corrected chi connectivity index (χ4v) is 2.51. The van der Waals surface area contributed by atoms with Crippen LogP contribution in [-0.2, 0) is 16.1 Å². The van der Waals surface area contributed by atoms with Gasteiger partial charge < -0.3 is 4.74 Å². The molecule has 1 rings (SSSR count). The molecule has 108 valence electrons. The standard InChI is InChI=1S/C14H24N2O2S/c1-9(2)6-13(14(17)18-10(3)4)16-8-12-7-15-11(5)19-12/h7,9-10,13,16H,6,8H2,1-5H3/t13-/m0/s1. The van der Waals surface area contributed by atoms with Crippen LogP contribution in [0.2, 0.25) is 0 Å². The Labute approximate surface area is 119 Å². The SMILES string of the molecule is Cc1ncc(CN[C@@H](CC(C)C)C(=O)OC(C)C)s1. The molecule has 4 nitrogen and oxygen atoms in total. The Bertz CT molecular complexity index is 402. The summed E-state index contributed by atoms with van der Waals surface area (Å²) in [5.41, 5.74) is 0. The van der Waals surface area contributed by atoms with Gasteiger partial charge in [0, 0.05) is 17.6 Å². The van der Waals surface area contributed by atoms with Crippen LogP contribution in [0.15, 0.2) is 6.20 Å². The fraction of sp³-hybridized carbons (Fsp3) is 0.714. The average Bonchev–Trinajstić information content (AvgIpc) is 2.68. The molecule has 0 unspecified atom stereocenters. The molecule has 1 heterocycles. The summed E-state index contributed by atoms with van der Waals surface area (Å²) in [6, 6.07) is -0.246. The van der Waals surface area contributed by atoms with Crippen LogP contribution >= 0.6 is 11.3 Å². The van der Waals surface area contributed by atoms with E-state index in [1.807, 2.05) is 27.0 Å². The van der Waals surface area contributed by atoms with Gasteiger partial charge in [-0.15, -0.1) is 11.3 Å². The molecule has 0 spiro atoms. The summed E-state index contributed by atoms with van der Waals surface area (Å²) in [5.74, 6) is 0.283. The number of esters is 1. The van der Waals surface area contributed by atoms with Crippen molar-refractivity contribution in [1.82, 2.24) is 10.3 Å². The van der Waals surface area contributed by atoms with E-state index in [0.717, 1.165) is 16.3 Å². The van der Waals surface area contributed by atoms with Crippen LogP contribution in [0.25, 0.3) is 0 Å². The summed E-state index contributed by atoms with van der Waals surface area (Å²) in [4.78, 5) is 17.4. The lowest BCUT2D eigenvalue weighted by atomic mass is 10.0. The minimum Gasteiger partial charge on any atom is -0.462 e. The maximum Gasteiger partial charge on any atom is 0.323 e. The van der Waals surface area contributed by atoms with E-state index in [2.05, 4.69) is 24.1 Å². The van der Waals surface area contributed by atoms with Crippen molar-refractivity contribution in [3.05, 3.63) is 16.1 Å². The number of aryl methyl sites for hydroxylation is 1. The zero-order valence-electron chi connectivity index (χ0n) is 12.4. The van der Waals surface area contributed by atoms with Crippen LogP contribution < -0.4 is 5.32 Å². The first kappa shape index (κ1) is 16.1. The van der Waals surface area contributed by atoms with Gasteiger partial charge in [0.1, 0.15) is 6.04 Å². The molecule has 1 N–H and O–H groups in total. The predicted molar refractivity (Wildman–Crippen MR) is 78.2 cm³/mol. The van der Waals surface area contributed by atoms with Crippen LogP contribution in [0.1, 0.15) is 44.0 Å². The normalized spacial score (nSPS) is 13.0. The molecule has 0 aliphatic carbocycles. The summed E-state index contributed by atoms with van der Waals surface area (Å²) >= 11 is 1.65. The molecule has 0 saturated heterocycles. The zero-order chi connectivity index (χ0) is 14.4. The van der Waals surface area contributed by atoms with Crippen molar-refractivity contribution in [2.24, 2.45) is 5.92 Å². The van der Waals surface area contributed by atoms with E-state index in [1.165, 1.54) is 0 Å². The van der Waals surface area contributed by atoms with Crippen molar-refractivity contribution in [2.75, 3.05) is 0 Å². The maximum atomic E-state index is 12.0. The lowest BCUT2D eigenvalue weighted by Gasteiger charge is -2.20. The van der Waals surface area contributed by atoms with Gasteiger partial charge in [-0.3, -0.25) is 10.1 Å². The van der Waals surface area contributed by atoms with Crippen LogP contribution in [0, 0.1) is 12.8 Å². The van der Waals surface area contributed by atoms with Crippen molar-refractivity contribution >= 4 is 17.3 Å². The number of thiazole rings is 1. The second kappa shape index (κ2) is 7.60. The molecule has 19 heavy (non-hydrogen) atoms. The molecule has 0 aliphatic heterocycles. The average molecular weight is 284 g/mol. The van der Waals surface area contributed by atoms with Crippen molar-refractivity contribution < 1.29 is 9.53 Å². The second-order valence-electron chi connectivity index (χ2n) is 5.39. The minimum absolute atomic E-state index is 0.0744. The summed E-state index contributed by atoms with van der Waals surface area (Å²) in [6.45, 7) is 10.6.